The number of rotatable bonds is 3. The van der Waals surface area contributed by atoms with E-state index in [9.17, 15) is 4.79 Å². The van der Waals surface area contributed by atoms with E-state index in [1.54, 1.807) is 6.07 Å². The predicted molar refractivity (Wildman–Crippen MR) is 96.0 cm³/mol. The second-order valence-electron chi connectivity index (χ2n) is 5.80. The van der Waals surface area contributed by atoms with E-state index in [4.69, 9.17) is 4.74 Å². The van der Waals surface area contributed by atoms with Crippen LogP contribution in [-0.2, 0) is 4.79 Å². The third-order valence-electron chi connectivity index (χ3n) is 3.76. The molecule has 4 aromatic rings. The number of fused-ring (bicyclic) bond motifs is 3. The van der Waals surface area contributed by atoms with E-state index in [1.807, 2.05) is 60.0 Å². The summed E-state index contributed by atoms with van der Waals surface area (Å²) in [7, 11) is 0. The van der Waals surface area contributed by atoms with Crippen molar-refractivity contribution in [2.45, 2.75) is 13.8 Å². The van der Waals surface area contributed by atoms with Crippen LogP contribution < -0.4 is 10.1 Å². The van der Waals surface area contributed by atoms with Crippen molar-refractivity contribution in [3.63, 3.8) is 0 Å². The Morgan fingerprint density at radius 1 is 1.12 bits per heavy atom. The number of ether oxygens (including phenoxy) is 1. The minimum absolute atomic E-state index is 0.128. The molecule has 2 aromatic heterocycles. The van der Waals surface area contributed by atoms with Gasteiger partial charge in [-0.25, -0.2) is 4.52 Å². The molecule has 0 fully saturated rings. The first-order valence-electron chi connectivity index (χ1n) is 7.91. The minimum Gasteiger partial charge on any atom is -0.438 e. The maximum Gasteiger partial charge on any atom is 0.230 e. The van der Waals surface area contributed by atoms with Crippen molar-refractivity contribution in [3.8, 4) is 11.6 Å². The number of benzene rings is 2. The van der Waals surface area contributed by atoms with Gasteiger partial charge in [0.25, 0.3) is 0 Å². The third kappa shape index (κ3) is 2.89. The number of aryl methyl sites for hydroxylation is 1. The monoisotopic (exact) mass is 332 g/mol. The van der Waals surface area contributed by atoms with Gasteiger partial charge in [-0.3, -0.25) is 4.79 Å². The SMILES string of the molecule is CC(=O)Nc1cccc(Oc2nc3cc(C)nn3c3ccccc23)c1. The van der Waals surface area contributed by atoms with Gasteiger partial charge in [-0.15, -0.1) is 0 Å². The summed E-state index contributed by atoms with van der Waals surface area (Å²) in [6, 6.07) is 17.0. The lowest BCUT2D eigenvalue weighted by atomic mass is 10.2. The molecule has 25 heavy (non-hydrogen) atoms. The zero-order valence-electron chi connectivity index (χ0n) is 13.9. The van der Waals surface area contributed by atoms with Crippen LogP contribution in [0.4, 0.5) is 5.69 Å². The summed E-state index contributed by atoms with van der Waals surface area (Å²) in [5.41, 5.74) is 3.22. The van der Waals surface area contributed by atoms with E-state index in [0.29, 0.717) is 17.3 Å². The van der Waals surface area contributed by atoms with Crippen LogP contribution in [0.25, 0.3) is 16.6 Å². The number of hydrogen-bond donors (Lipinski definition) is 1. The molecule has 4 rings (SSSR count). The highest BCUT2D eigenvalue weighted by Crippen LogP contribution is 2.30. The molecule has 2 heterocycles. The van der Waals surface area contributed by atoms with E-state index < -0.39 is 0 Å². The lowest BCUT2D eigenvalue weighted by molar-refractivity contribution is -0.114. The summed E-state index contributed by atoms with van der Waals surface area (Å²) in [4.78, 5) is 15.8. The van der Waals surface area contributed by atoms with Crippen molar-refractivity contribution in [2.24, 2.45) is 0 Å². The molecular formula is C19H16N4O2. The molecular weight excluding hydrogens is 316 g/mol. The van der Waals surface area contributed by atoms with Gasteiger partial charge in [0.2, 0.25) is 11.8 Å². The molecule has 0 aliphatic heterocycles. The van der Waals surface area contributed by atoms with Crippen LogP contribution in [0.1, 0.15) is 12.6 Å². The predicted octanol–water partition coefficient (Wildman–Crippen LogP) is 3.94. The van der Waals surface area contributed by atoms with Crippen LogP contribution in [0.15, 0.2) is 54.6 Å². The van der Waals surface area contributed by atoms with Crippen LogP contribution in [0, 0.1) is 6.92 Å². The highest BCUT2D eigenvalue weighted by Gasteiger charge is 2.12. The highest BCUT2D eigenvalue weighted by molar-refractivity contribution is 5.89. The maximum absolute atomic E-state index is 11.2. The van der Waals surface area contributed by atoms with Gasteiger partial charge >= 0.3 is 0 Å². The molecule has 0 radical (unpaired) electrons. The number of carbonyl (C=O) groups excluding carboxylic acids is 1. The Morgan fingerprint density at radius 3 is 2.80 bits per heavy atom. The summed E-state index contributed by atoms with van der Waals surface area (Å²) in [5, 5.41) is 8.10. The first kappa shape index (κ1) is 15.1. The number of nitrogens with one attached hydrogen (secondary N) is 1. The molecule has 1 N–H and O–H groups in total. The number of anilines is 1. The lowest BCUT2D eigenvalue weighted by Crippen LogP contribution is -2.05. The first-order valence-corrected chi connectivity index (χ1v) is 7.91. The van der Waals surface area contributed by atoms with Crippen LogP contribution in [0.5, 0.6) is 11.6 Å². The van der Waals surface area contributed by atoms with Gasteiger partial charge in [-0.1, -0.05) is 18.2 Å². The normalized spacial score (nSPS) is 11.0. The molecule has 0 spiro atoms. The number of hydrogen-bond acceptors (Lipinski definition) is 4. The maximum atomic E-state index is 11.2. The first-order chi connectivity index (χ1) is 12.1. The summed E-state index contributed by atoms with van der Waals surface area (Å²) in [6.45, 7) is 3.40. The third-order valence-corrected chi connectivity index (χ3v) is 3.76. The van der Waals surface area contributed by atoms with E-state index in [0.717, 1.165) is 22.2 Å². The Hall–Kier alpha value is -3.41. The number of nitrogens with zero attached hydrogens (tertiary/aromatic N) is 3. The van der Waals surface area contributed by atoms with Crippen molar-refractivity contribution < 1.29 is 9.53 Å². The second-order valence-corrected chi connectivity index (χ2v) is 5.80. The molecule has 124 valence electrons. The fourth-order valence-electron chi connectivity index (χ4n) is 2.78. The van der Waals surface area contributed by atoms with Gasteiger partial charge in [0.1, 0.15) is 5.75 Å². The smallest absolute Gasteiger partial charge is 0.230 e. The number of aromatic nitrogens is 3. The Labute approximate surface area is 144 Å². The molecule has 0 aliphatic rings. The van der Waals surface area contributed by atoms with Gasteiger partial charge in [0.15, 0.2) is 5.65 Å². The summed E-state index contributed by atoms with van der Waals surface area (Å²) in [5.74, 6) is 0.976. The molecule has 0 bridgehead atoms. The molecule has 0 saturated carbocycles. The van der Waals surface area contributed by atoms with E-state index >= 15 is 0 Å². The Kier molecular flexibility index (Phi) is 3.57. The average molecular weight is 332 g/mol. The van der Waals surface area contributed by atoms with Gasteiger partial charge < -0.3 is 10.1 Å². The lowest BCUT2D eigenvalue weighted by Gasteiger charge is -2.10. The van der Waals surface area contributed by atoms with Gasteiger partial charge in [-0.05, 0) is 31.2 Å². The van der Waals surface area contributed by atoms with Gasteiger partial charge in [0.05, 0.1) is 16.6 Å². The zero-order valence-corrected chi connectivity index (χ0v) is 13.9. The van der Waals surface area contributed by atoms with Crippen molar-refractivity contribution in [1.82, 2.24) is 14.6 Å². The molecule has 6 heteroatoms. The van der Waals surface area contributed by atoms with Crippen molar-refractivity contribution in [1.29, 1.82) is 0 Å². The van der Waals surface area contributed by atoms with E-state index in [1.165, 1.54) is 6.92 Å². The quantitative estimate of drug-likeness (QED) is 0.617. The van der Waals surface area contributed by atoms with E-state index in [2.05, 4.69) is 15.4 Å². The van der Waals surface area contributed by atoms with Crippen LogP contribution >= 0.6 is 0 Å². The topological polar surface area (TPSA) is 68.5 Å². The molecule has 0 aliphatic carbocycles. The molecule has 1 amide bonds. The zero-order chi connectivity index (χ0) is 17.4. The number of carbonyl (C=O) groups is 1. The summed E-state index contributed by atoms with van der Waals surface area (Å²) in [6.07, 6.45) is 0. The standard InChI is InChI=1S/C19H16N4O2/c1-12-10-18-21-19(16-8-3-4-9-17(16)23(18)22-12)25-15-7-5-6-14(11-15)20-13(2)24/h3-11H,1-2H3,(H,20,24). The molecule has 0 saturated heterocycles. The molecule has 0 atom stereocenters. The van der Waals surface area contributed by atoms with Gasteiger partial charge in [-0.2, -0.15) is 10.1 Å². The van der Waals surface area contributed by atoms with Crippen molar-refractivity contribution in [2.75, 3.05) is 5.32 Å². The van der Waals surface area contributed by atoms with Crippen molar-refractivity contribution in [3.05, 3.63) is 60.3 Å². The van der Waals surface area contributed by atoms with Crippen molar-refractivity contribution >= 4 is 28.1 Å². The molecule has 2 aromatic carbocycles. The van der Waals surface area contributed by atoms with Crippen LogP contribution in [-0.4, -0.2) is 20.5 Å². The molecule has 6 nitrogen and oxygen atoms in total. The van der Waals surface area contributed by atoms with Crippen LogP contribution in [0.2, 0.25) is 0 Å². The highest BCUT2D eigenvalue weighted by atomic mass is 16.5. The van der Waals surface area contributed by atoms with Crippen LogP contribution in [0.3, 0.4) is 0 Å². The average Bonchev–Trinajstić information content (AvgIpc) is 2.95. The summed E-state index contributed by atoms with van der Waals surface area (Å²) < 4.78 is 7.84. The van der Waals surface area contributed by atoms with Gasteiger partial charge in [0, 0.05) is 24.7 Å². The fraction of sp³-hybridized carbons (Fsp3) is 0.105. The Balaban J connectivity index is 1.82. The Morgan fingerprint density at radius 2 is 1.96 bits per heavy atom. The fourth-order valence-corrected chi connectivity index (χ4v) is 2.78. The second kappa shape index (κ2) is 5.90. The number of amides is 1. The number of para-hydroxylation sites is 1. The molecule has 0 unspecified atom stereocenters. The van der Waals surface area contributed by atoms with E-state index in [-0.39, 0.29) is 5.91 Å². The minimum atomic E-state index is -0.128. The summed E-state index contributed by atoms with van der Waals surface area (Å²) >= 11 is 0. The Bertz CT molecular complexity index is 1100. The largest absolute Gasteiger partial charge is 0.438 e.